The second-order valence-electron chi connectivity index (χ2n) is 4.78. The molecule has 0 amide bonds. The molecule has 0 heterocycles. The van der Waals surface area contributed by atoms with E-state index in [2.05, 4.69) is 6.92 Å². The van der Waals surface area contributed by atoms with Gasteiger partial charge in [-0.2, -0.15) is 0 Å². The molecule has 0 saturated heterocycles. The third kappa shape index (κ3) is 4.00. The highest BCUT2D eigenvalue weighted by Gasteiger charge is 2.01. The Morgan fingerprint density at radius 3 is 1.90 bits per heavy atom. The monoisotopic (exact) mass is 271 g/mol. The minimum atomic E-state index is 0.0408. The average molecular weight is 271 g/mol. The molecule has 3 nitrogen and oxygen atoms in total. The van der Waals surface area contributed by atoms with Gasteiger partial charge in [0.2, 0.25) is 0 Å². The third-order valence-corrected chi connectivity index (χ3v) is 2.94. The van der Waals surface area contributed by atoms with Crippen LogP contribution in [0.25, 0.3) is 0 Å². The number of nitrogens with two attached hydrogens (primary N) is 1. The fraction of sp³-hybridized carbons (Fsp3) is 0.294. The molecule has 0 bridgehead atoms. The molecule has 20 heavy (non-hydrogen) atoms. The highest BCUT2D eigenvalue weighted by molar-refractivity contribution is 5.36. The topological polar surface area (TPSA) is 44.5 Å². The summed E-state index contributed by atoms with van der Waals surface area (Å²) in [4.78, 5) is 0. The van der Waals surface area contributed by atoms with Crippen LogP contribution in [0.3, 0.4) is 0 Å². The fourth-order valence-corrected chi connectivity index (χ4v) is 1.80. The Kier molecular flexibility index (Phi) is 5.02. The minimum absolute atomic E-state index is 0.0408. The summed E-state index contributed by atoms with van der Waals surface area (Å²) in [6.45, 7) is 4.78. The summed E-state index contributed by atoms with van der Waals surface area (Å²) in [6, 6.07) is 15.5. The van der Waals surface area contributed by atoms with Crippen molar-refractivity contribution in [1.29, 1.82) is 0 Å². The Bertz CT molecular complexity index is 518. The standard InChI is InChI=1S/C17H21NO2/c1-3-12-19-15-8-10-17(11-9-15)20-16-6-4-14(5-7-16)13(2)18/h4-11,13H,3,12,18H2,1-2H3. The SMILES string of the molecule is CCCOc1ccc(Oc2ccc(C(C)N)cc2)cc1. The van der Waals surface area contributed by atoms with E-state index < -0.39 is 0 Å². The Labute approximate surface area is 120 Å². The van der Waals surface area contributed by atoms with Crippen molar-refractivity contribution in [2.45, 2.75) is 26.3 Å². The third-order valence-electron chi connectivity index (χ3n) is 2.94. The number of benzene rings is 2. The van der Waals surface area contributed by atoms with Crippen molar-refractivity contribution in [3.63, 3.8) is 0 Å². The minimum Gasteiger partial charge on any atom is -0.494 e. The summed E-state index contributed by atoms with van der Waals surface area (Å²) >= 11 is 0. The maximum Gasteiger partial charge on any atom is 0.127 e. The first kappa shape index (κ1) is 14.4. The summed E-state index contributed by atoms with van der Waals surface area (Å²) in [6.07, 6.45) is 1.00. The highest BCUT2D eigenvalue weighted by atomic mass is 16.5. The summed E-state index contributed by atoms with van der Waals surface area (Å²) in [5.74, 6) is 2.46. The Balaban J connectivity index is 1.98. The van der Waals surface area contributed by atoms with Gasteiger partial charge in [0.1, 0.15) is 17.2 Å². The zero-order chi connectivity index (χ0) is 14.4. The van der Waals surface area contributed by atoms with Crippen molar-refractivity contribution in [3.8, 4) is 17.2 Å². The van der Waals surface area contributed by atoms with Crippen LogP contribution < -0.4 is 15.2 Å². The predicted octanol–water partition coefficient (Wildman–Crippen LogP) is 4.29. The van der Waals surface area contributed by atoms with Crippen LogP contribution >= 0.6 is 0 Å². The molecule has 2 aromatic carbocycles. The van der Waals surface area contributed by atoms with Crippen LogP contribution in [0, 0.1) is 0 Å². The van der Waals surface area contributed by atoms with Gasteiger partial charge in [-0.3, -0.25) is 0 Å². The normalized spacial score (nSPS) is 11.9. The van der Waals surface area contributed by atoms with Crippen LogP contribution in [0.1, 0.15) is 31.9 Å². The van der Waals surface area contributed by atoms with Crippen LogP contribution in [0.4, 0.5) is 0 Å². The Morgan fingerprint density at radius 1 is 0.900 bits per heavy atom. The van der Waals surface area contributed by atoms with Crippen molar-refractivity contribution < 1.29 is 9.47 Å². The molecule has 3 heteroatoms. The Hall–Kier alpha value is -2.00. The van der Waals surface area contributed by atoms with Crippen molar-refractivity contribution >= 4 is 0 Å². The number of ether oxygens (including phenoxy) is 2. The van der Waals surface area contributed by atoms with Gasteiger partial charge in [-0.15, -0.1) is 0 Å². The van der Waals surface area contributed by atoms with Crippen LogP contribution in [-0.4, -0.2) is 6.61 Å². The number of rotatable bonds is 6. The van der Waals surface area contributed by atoms with Gasteiger partial charge in [0.15, 0.2) is 0 Å². The largest absolute Gasteiger partial charge is 0.494 e. The van der Waals surface area contributed by atoms with Gasteiger partial charge in [-0.05, 0) is 55.3 Å². The van der Waals surface area contributed by atoms with E-state index in [1.165, 1.54) is 0 Å². The second-order valence-corrected chi connectivity index (χ2v) is 4.78. The smallest absolute Gasteiger partial charge is 0.127 e. The van der Waals surface area contributed by atoms with E-state index in [4.69, 9.17) is 15.2 Å². The van der Waals surface area contributed by atoms with E-state index in [1.54, 1.807) is 0 Å². The molecule has 0 spiro atoms. The molecule has 0 radical (unpaired) electrons. The maximum atomic E-state index is 5.82. The van der Waals surface area contributed by atoms with E-state index in [0.717, 1.165) is 35.8 Å². The van der Waals surface area contributed by atoms with Gasteiger partial charge >= 0.3 is 0 Å². The van der Waals surface area contributed by atoms with E-state index in [0.29, 0.717) is 0 Å². The predicted molar refractivity (Wildman–Crippen MR) is 81.3 cm³/mol. The summed E-state index contributed by atoms with van der Waals surface area (Å²) < 4.78 is 11.3. The fourth-order valence-electron chi connectivity index (χ4n) is 1.80. The maximum absolute atomic E-state index is 5.82. The Morgan fingerprint density at radius 2 is 1.40 bits per heavy atom. The molecule has 0 saturated carbocycles. The van der Waals surface area contributed by atoms with Crippen LogP contribution in [0.15, 0.2) is 48.5 Å². The molecule has 106 valence electrons. The van der Waals surface area contributed by atoms with E-state index in [-0.39, 0.29) is 6.04 Å². The molecular formula is C17H21NO2. The lowest BCUT2D eigenvalue weighted by Crippen LogP contribution is -2.04. The van der Waals surface area contributed by atoms with Gasteiger partial charge in [-0.1, -0.05) is 19.1 Å². The van der Waals surface area contributed by atoms with Crippen molar-refractivity contribution in [1.82, 2.24) is 0 Å². The first-order valence-corrected chi connectivity index (χ1v) is 6.95. The first-order chi connectivity index (χ1) is 9.69. The molecule has 0 aliphatic rings. The van der Waals surface area contributed by atoms with Crippen LogP contribution in [-0.2, 0) is 0 Å². The number of hydrogen-bond acceptors (Lipinski definition) is 3. The molecule has 0 fully saturated rings. The zero-order valence-corrected chi connectivity index (χ0v) is 12.0. The molecule has 2 N–H and O–H groups in total. The molecule has 2 rings (SSSR count). The molecule has 1 atom stereocenters. The lowest BCUT2D eigenvalue weighted by Gasteiger charge is -2.09. The molecule has 0 aliphatic heterocycles. The number of hydrogen-bond donors (Lipinski definition) is 1. The van der Waals surface area contributed by atoms with Crippen molar-refractivity contribution in [2.24, 2.45) is 5.73 Å². The van der Waals surface area contributed by atoms with Gasteiger partial charge < -0.3 is 15.2 Å². The molecule has 0 aliphatic carbocycles. The van der Waals surface area contributed by atoms with Crippen LogP contribution in [0.2, 0.25) is 0 Å². The van der Waals surface area contributed by atoms with Crippen LogP contribution in [0.5, 0.6) is 17.2 Å². The second kappa shape index (κ2) is 6.96. The van der Waals surface area contributed by atoms with E-state index in [1.807, 2.05) is 55.5 Å². The molecular weight excluding hydrogens is 250 g/mol. The lowest BCUT2D eigenvalue weighted by molar-refractivity contribution is 0.317. The van der Waals surface area contributed by atoms with E-state index >= 15 is 0 Å². The lowest BCUT2D eigenvalue weighted by atomic mass is 10.1. The molecule has 1 unspecified atom stereocenters. The van der Waals surface area contributed by atoms with Crippen molar-refractivity contribution in [2.75, 3.05) is 6.61 Å². The molecule has 0 aromatic heterocycles. The van der Waals surface area contributed by atoms with Gasteiger partial charge in [0, 0.05) is 6.04 Å². The first-order valence-electron chi connectivity index (χ1n) is 6.95. The van der Waals surface area contributed by atoms with Gasteiger partial charge in [0.25, 0.3) is 0 Å². The summed E-state index contributed by atoms with van der Waals surface area (Å²) in [5, 5.41) is 0. The summed E-state index contributed by atoms with van der Waals surface area (Å²) in [7, 11) is 0. The van der Waals surface area contributed by atoms with E-state index in [9.17, 15) is 0 Å². The zero-order valence-electron chi connectivity index (χ0n) is 12.0. The van der Waals surface area contributed by atoms with Gasteiger partial charge in [0.05, 0.1) is 6.61 Å². The quantitative estimate of drug-likeness (QED) is 0.852. The average Bonchev–Trinajstić information content (AvgIpc) is 2.47. The molecule has 2 aromatic rings. The van der Waals surface area contributed by atoms with Gasteiger partial charge in [-0.25, -0.2) is 0 Å². The van der Waals surface area contributed by atoms with Crippen molar-refractivity contribution in [3.05, 3.63) is 54.1 Å². The highest BCUT2D eigenvalue weighted by Crippen LogP contribution is 2.25. The summed E-state index contributed by atoms with van der Waals surface area (Å²) in [5.41, 5.74) is 6.92.